The first-order chi connectivity index (χ1) is 13.2. The lowest BCUT2D eigenvalue weighted by molar-refractivity contribution is -0.116. The first-order valence-corrected chi connectivity index (χ1v) is 8.05. The van der Waals surface area contributed by atoms with Crippen molar-refractivity contribution in [2.45, 2.75) is 0 Å². The van der Waals surface area contributed by atoms with Gasteiger partial charge in [0.05, 0.1) is 30.4 Å². The van der Waals surface area contributed by atoms with Gasteiger partial charge in [-0.25, -0.2) is 14.7 Å². The molecule has 1 aliphatic rings. The van der Waals surface area contributed by atoms with Gasteiger partial charge in [-0.15, -0.1) is 0 Å². The molecule has 9 nitrogen and oxygen atoms in total. The molecule has 0 unspecified atom stereocenters. The number of hydrogen-bond donors (Lipinski definition) is 0. The molecule has 0 fully saturated rings. The first-order valence-electron chi connectivity index (χ1n) is 8.05. The summed E-state index contributed by atoms with van der Waals surface area (Å²) in [4.78, 5) is 37.3. The third-order valence-electron chi connectivity index (χ3n) is 3.94. The Kier molecular flexibility index (Phi) is 4.17. The van der Waals surface area contributed by atoms with E-state index in [0.29, 0.717) is 23.0 Å². The van der Waals surface area contributed by atoms with Crippen LogP contribution in [0.2, 0.25) is 0 Å². The number of pyridine rings is 2. The van der Waals surface area contributed by atoms with Crippen LogP contribution in [0.15, 0.2) is 53.8 Å². The summed E-state index contributed by atoms with van der Waals surface area (Å²) in [5, 5.41) is 4.41. The maximum absolute atomic E-state index is 12.7. The van der Waals surface area contributed by atoms with Crippen LogP contribution in [0, 0.1) is 0 Å². The lowest BCUT2D eigenvalue weighted by atomic mass is 10.2. The minimum Gasteiger partial charge on any atom is -0.481 e. The molecule has 0 saturated heterocycles. The molecular formula is C18H14N6O3. The van der Waals surface area contributed by atoms with E-state index in [4.69, 9.17) is 4.74 Å². The Morgan fingerprint density at radius 3 is 2.70 bits per heavy atom. The fraction of sp³-hybridized carbons (Fsp3) is 0.111. The SMILES string of the molecule is COc1ccc(-n2nc(C(=O)N3C=NC(=O)C3)cc2-c2ccccn2)cn1. The van der Waals surface area contributed by atoms with Crippen LogP contribution in [0.1, 0.15) is 10.5 Å². The minimum absolute atomic E-state index is 0.0886. The fourth-order valence-corrected chi connectivity index (χ4v) is 2.63. The van der Waals surface area contributed by atoms with Crippen LogP contribution in [0.25, 0.3) is 17.1 Å². The number of ether oxygens (including phenoxy) is 1. The first kappa shape index (κ1) is 16.6. The van der Waals surface area contributed by atoms with E-state index in [0.717, 1.165) is 0 Å². The van der Waals surface area contributed by atoms with Crippen molar-refractivity contribution in [1.29, 1.82) is 0 Å². The Labute approximate surface area is 154 Å². The average Bonchev–Trinajstić information content (AvgIpc) is 3.35. The van der Waals surface area contributed by atoms with E-state index in [-0.39, 0.29) is 18.1 Å². The Morgan fingerprint density at radius 1 is 1.19 bits per heavy atom. The molecule has 134 valence electrons. The second-order valence-corrected chi connectivity index (χ2v) is 5.67. The highest BCUT2D eigenvalue weighted by molar-refractivity contribution is 6.07. The zero-order chi connectivity index (χ0) is 18.8. The molecule has 0 saturated carbocycles. The number of nitrogens with zero attached hydrogens (tertiary/aromatic N) is 6. The molecule has 4 rings (SSSR count). The van der Waals surface area contributed by atoms with Crippen LogP contribution in [-0.4, -0.2) is 56.5 Å². The molecule has 0 spiro atoms. The summed E-state index contributed by atoms with van der Waals surface area (Å²) in [5.41, 5.74) is 2.08. The molecule has 2 amide bonds. The molecular weight excluding hydrogens is 348 g/mol. The average molecular weight is 362 g/mol. The largest absolute Gasteiger partial charge is 0.481 e. The number of hydrogen-bond acceptors (Lipinski definition) is 6. The maximum Gasteiger partial charge on any atom is 0.279 e. The molecule has 27 heavy (non-hydrogen) atoms. The second-order valence-electron chi connectivity index (χ2n) is 5.67. The van der Waals surface area contributed by atoms with Crippen LogP contribution in [0.3, 0.4) is 0 Å². The monoisotopic (exact) mass is 362 g/mol. The predicted molar refractivity (Wildman–Crippen MR) is 95.7 cm³/mol. The van der Waals surface area contributed by atoms with Gasteiger partial charge in [-0.1, -0.05) is 6.07 Å². The molecule has 0 bridgehead atoms. The second kappa shape index (κ2) is 6.79. The van der Waals surface area contributed by atoms with Crippen molar-refractivity contribution in [1.82, 2.24) is 24.6 Å². The Bertz CT molecular complexity index is 1030. The highest BCUT2D eigenvalue weighted by Gasteiger charge is 2.25. The third-order valence-corrected chi connectivity index (χ3v) is 3.94. The van der Waals surface area contributed by atoms with E-state index in [1.165, 1.54) is 18.3 Å². The van der Waals surface area contributed by atoms with Crippen molar-refractivity contribution in [2.75, 3.05) is 13.7 Å². The minimum atomic E-state index is -0.415. The van der Waals surface area contributed by atoms with E-state index in [2.05, 4.69) is 20.1 Å². The highest BCUT2D eigenvalue weighted by atomic mass is 16.5. The molecule has 3 aromatic rings. The third kappa shape index (κ3) is 3.17. The highest BCUT2D eigenvalue weighted by Crippen LogP contribution is 2.23. The summed E-state index contributed by atoms with van der Waals surface area (Å²) in [6.45, 7) is -0.0886. The standard InChI is InChI=1S/C18H14N6O3/c1-27-17-6-5-12(9-20-17)24-15(13-4-2-3-7-19-13)8-14(22-24)18(26)23-10-16(25)21-11-23/h2-9,11H,10H2,1H3. The van der Waals surface area contributed by atoms with Crippen LogP contribution in [0.5, 0.6) is 5.88 Å². The normalized spacial score (nSPS) is 13.2. The van der Waals surface area contributed by atoms with Crippen molar-refractivity contribution in [3.63, 3.8) is 0 Å². The van der Waals surface area contributed by atoms with Gasteiger partial charge in [0.25, 0.3) is 11.8 Å². The molecule has 0 aromatic carbocycles. The zero-order valence-corrected chi connectivity index (χ0v) is 14.3. The van der Waals surface area contributed by atoms with Gasteiger partial charge in [0.1, 0.15) is 12.9 Å². The Morgan fingerprint density at radius 2 is 2.07 bits per heavy atom. The topological polar surface area (TPSA) is 103 Å². The van der Waals surface area contributed by atoms with Gasteiger partial charge in [0.15, 0.2) is 5.69 Å². The lowest BCUT2D eigenvalue weighted by Crippen LogP contribution is -2.29. The maximum atomic E-state index is 12.7. The number of amides is 2. The summed E-state index contributed by atoms with van der Waals surface area (Å²) in [6, 6.07) is 10.6. The number of aromatic nitrogens is 4. The van der Waals surface area contributed by atoms with Crippen molar-refractivity contribution >= 4 is 18.2 Å². The summed E-state index contributed by atoms with van der Waals surface area (Å²) in [5.74, 6) is -0.317. The quantitative estimate of drug-likeness (QED) is 0.694. The van der Waals surface area contributed by atoms with Gasteiger partial charge in [0.2, 0.25) is 5.88 Å². The zero-order valence-electron chi connectivity index (χ0n) is 14.3. The molecule has 0 atom stereocenters. The summed E-state index contributed by atoms with van der Waals surface area (Å²) >= 11 is 0. The van der Waals surface area contributed by atoms with Gasteiger partial charge in [-0.2, -0.15) is 5.10 Å². The molecule has 0 radical (unpaired) electrons. The molecule has 1 aliphatic heterocycles. The molecule has 9 heteroatoms. The van der Waals surface area contributed by atoms with Crippen molar-refractivity contribution < 1.29 is 14.3 Å². The van der Waals surface area contributed by atoms with E-state index in [9.17, 15) is 9.59 Å². The van der Waals surface area contributed by atoms with E-state index >= 15 is 0 Å². The van der Waals surface area contributed by atoms with Crippen LogP contribution in [0.4, 0.5) is 0 Å². The smallest absolute Gasteiger partial charge is 0.279 e. The van der Waals surface area contributed by atoms with Gasteiger partial charge in [-0.3, -0.25) is 19.5 Å². The number of methoxy groups -OCH3 is 1. The molecule has 3 aromatic heterocycles. The molecule has 0 N–H and O–H groups in total. The molecule has 0 aliphatic carbocycles. The Hall–Kier alpha value is -3.88. The summed E-state index contributed by atoms with van der Waals surface area (Å²) in [7, 11) is 1.53. The summed E-state index contributed by atoms with van der Waals surface area (Å²) in [6.07, 6.45) is 4.47. The van der Waals surface area contributed by atoms with E-state index < -0.39 is 5.91 Å². The van der Waals surface area contributed by atoms with Crippen LogP contribution < -0.4 is 4.74 Å². The summed E-state index contributed by atoms with van der Waals surface area (Å²) < 4.78 is 6.66. The number of carbonyl (C=O) groups is 2. The van der Waals surface area contributed by atoms with Gasteiger partial charge in [0, 0.05) is 12.3 Å². The van der Waals surface area contributed by atoms with Crippen LogP contribution in [-0.2, 0) is 4.79 Å². The van der Waals surface area contributed by atoms with Gasteiger partial charge in [-0.05, 0) is 24.3 Å². The van der Waals surface area contributed by atoms with Crippen molar-refractivity contribution in [3.8, 4) is 23.0 Å². The predicted octanol–water partition coefficient (Wildman–Crippen LogP) is 1.35. The van der Waals surface area contributed by atoms with Gasteiger partial charge >= 0.3 is 0 Å². The Balaban J connectivity index is 1.78. The fourth-order valence-electron chi connectivity index (χ4n) is 2.63. The van der Waals surface area contributed by atoms with Crippen LogP contribution >= 0.6 is 0 Å². The van der Waals surface area contributed by atoms with Crippen molar-refractivity contribution in [2.24, 2.45) is 4.99 Å². The number of carbonyl (C=O) groups excluding carboxylic acids is 2. The lowest BCUT2D eigenvalue weighted by Gasteiger charge is -2.08. The number of rotatable bonds is 4. The van der Waals surface area contributed by atoms with Gasteiger partial charge < -0.3 is 4.74 Å². The van der Waals surface area contributed by atoms with Crippen molar-refractivity contribution in [3.05, 3.63) is 54.5 Å². The van der Waals surface area contributed by atoms with E-state index in [1.807, 2.05) is 12.1 Å². The number of aliphatic imine (C=N–C) groups is 1. The van der Waals surface area contributed by atoms with E-state index in [1.54, 1.807) is 41.3 Å². The molecule has 4 heterocycles.